The number of methoxy groups -OCH3 is 1. The topological polar surface area (TPSA) is 95.2 Å². The number of aryl methyl sites for hydroxylation is 1. The van der Waals surface area contributed by atoms with E-state index < -0.39 is 5.56 Å². The minimum Gasteiger partial charge on any atom is -0.408 e. The molecule has 0 aliphatic heterocycles. The molecule has 1 aliphatic rings. The maximum absolute atomic E-state index is 13.6. The molecule has 0 spiro atoms. The Kier molecular flexibility index (Phi) is 7.60. The van der Waals surface area contributed by atoms with E-state index in [1.807, 2.05) is 23.9 Å². The number of aromatic nitrogens is 4. The molecule has 0 bridgehead atoms. The van der Waals surface area contributed by atoms with Crippen molar-refractivity contribution in [1.29, 1.82) is 0 Å². The molecule has 11 heteroatoms. The molecule has 0 atom stereocenters. The van der Waals surface area contributed by atoms with E-state index in [-0.39, 0.29) is 0 Å². The molecule has 5 rings (SSSR count). The molecule has 0 radical (unpaired) electrons. The highest BCUT2D eigenvalue weighted by Gasteiger charge is 2.24. The Morgan fingerprint density at radius 1 is 1.24 bits per heavy atom. The molecule has 0 saturated heterocycles. The minimum absolute atomic E-state index is 0.319. The predicted octanol–water partition coefficient (Wildman–Crippen LogP) is 4.89. The zero-order valence-electron chi connectivity index (χ0n) is 21.1. The third-order valence-electron chi connectivity index (χ3n) is 6.29. The van der Waals surface area contributed by atoms with Gasteiger partial charge >= 0.3 is 0 Å². The van der Waals surface area contributed by atoms with Gasteiger partial charge in [-0.25, -0.2) is 4.98 Å². The number of benzene rings is 1. The highest BCUT2D eigenvalue weighted by Crippen LogP contribution is 2.34. The van der Waals surface area contributed by atoms with Gasteiger partial charge in [-0.2, -0.15) is 4.98 Å². The second-order valence-corrected chi connectivity index (χ2v) is 10.0. The molecule has 1 saturated carbocycles. The van der Waals surface area contributed by atoms with E-state index >= 15 is 0 Å². The number of halogens is 2. The monoisotopic (exact) mass is 554 g/mol. The molecule has 1 aromatic carbocycles. The van der Waals surface area contributed by atoms with Crippen LogP contribution in [0.2, 0.25) is 10.0 Å². The molecular weight excluding hydrogens is 527 g/mol. The van der Waals surface area contributed by atoms with Crippen LogP contribution in [0.4, 0.5) is 11.6 Å². The third-order valence-corrected chi connectivity index (χ3v) is 6.92. The first-order chi connectivity index (χ1) is 18.4. The second kappa shape index (κ2) is 11.1. The number of pyridine rings is 1. The van der Waals surface area contributed by atoms with Crippen LogP contribution in [0.3, 0.4) is 0 Å². The standard InChI is InChI=1S/C27H28Cl2N6O3/c1-16(30-9-10-37-3)23-12-19(14-34(23)2)32-27-31-13-18-11-20(24-21(28)5-4-6-22(24)29)26(36)35(25(18)33-27)38-15-17-7-8-17/h4-6,11-14,17,30H,1,7-10,15H2,2-3H3,(H,31,32,33). The minimum atomic E-state index is -0.391. The van der Waals surface area contributed by atoms with Crippen LogP contribution < -0.4 is 21.0 Å². The lowest BCUT2D eigenvalue weighted by atomic mass is 10.1. The molecule has 1 fully saturated rings. The summed E-state index contributed by atoms with van der Waals surface area (Å²) in [5.41, 5.74) is 3.16. The van der Waals surface area contributed by atoms with Gasteiger partial charge in [-0.3, -0.25) is 4.79 Å². The van der Waals surface area contributed by atoms with E-state index in [0.717, 1.165) is 29.9 Å². The van der Waals surface area contributed by atoms with Crippen molar-refractivity contribution in [2.75, 3.05) is 32.2 Å². The molecule has 198 valence electrons. The fourth-order valence-electron chi connectivity index (χ4n) is 4.10. The molecule has 2 N–H and O–H groups in total. The highest BCUT2D eigenvalue weighted by atomic mass is 35.5. The Morgan fingerprint density at radius 3 is 2.71 bits per heavy atom. The Hall–Kier alpha value is -3.53. The largest absolute Gasteiger partial charge is 0.408 e. The van der Waals surface area contributed by atoms with Gasteiger partial charge in [-0.15, -0.1) is 4.73 Å². The average molecular weight is 555 g/mol. The first kappa shape index (κ1) is 26.1. The van der Waals surface area contributed by atoms with Gasteiger partial charge in [-0.05, 0) is 43.0 Å². The molecule has 0 amide bonds. The summed E-state index contributed by atoms with van der Waals surface area (Å²) in [6, 6.07) is 8.76. The zero-order chi connectivity index (χ0) is 26.8. The van der Waals surface area contributed by atoms with Crippen LogP contribution in [0, 0.1) is 5.92 Å². The van der Waals surface area contributed by atoms with Crippen LogP contribution in [0.5, 0.6) is 0 Å². The van der Waals surface area contributed by atoms with E-state index in [9.17, 15) is 4.79 Å². The Labute approximate surface area is 230 Å². The number of anilines is 2. The van der Waals surface area contributed by atoms with Crippen LogP contribution in [0.15, 0.2) is 54.1 Å². The van der Waals surface area contributed by atoms with E-state index in [0.29, 0.717) is 63.8 Å². The van der Waals surface area contributed by atoms with Gasteiger partial charge in [0.05, 0.1) is 39.3 Å². The lowest BCUT2D eigenvalue weighted by Gasteiger charge is -2.15. The van der Waals surface area contributed by atoms with Crippen LogP contribution in [0.1, 0.15) is 18.5 Å². The van der Waals surface area contributed by atoms with E-state index in [2.05, 4.69) is 27.2 Å². The van der Waals surface area contributed by atoms with Gasteiger partial charge in [0, 0.05) is 44.0 Å². The smallest absolute Gasteiger partial charge is 0.293 e. The maximum Gasteiger partial charge on any atom is 0.293 e. The summed E-state index contributed by atoms with van der Waals surface area (Å²) in [5.74, 6) is 0.747. The number of ether oxygens (including phenoxy) is 1. The average Bonchev–Trinajstić information content (AvgIpc) is 3.64. The highest BCUT2D eigenvalue weighted by molar-refractivity contribution is 6.39. The van der Waals surface area contributed by atoms with Crippen LogP contribution in [0.25, 0.3) is 27.9 Å². The van der Waals surface area contributed by atoms with Crippen molar-refractivity contribution in [2.45, 2.75) is 12.8 Å². The van der Waals surface area contributed by atoms with E-state index in [1.165, 1.54) is 4.73 Å². The SMILES string of the molecule is C=C(NCCOC)c1cc(Nc2ncc3cc(-c4c(Cl)cccc4Cl)c(=O)n(OCC4CC4)c3n2)cn1C. The molecule has 3 aromatic heterocycles. The van der Waals surface area contributed by atoms with Gasteiger partial charge in [-0.1, -0.05) is 35.8 Å². The molecule has 9 nitrogen and oxygen atoms in total. The zero-order valence-corrected chi connectivity index (χ0v) is 22.6. The van der Waals surface area contributed by atoms with Crippen molar-refractivity contribution in [2.24, 2.45) is 13.0 Å². The summed E-state index contributed by atoms with van der Waals surface area (Å²) in [7, 11) is 3.58. The van der Waals surface area contributed by atoms with Gasteiger partial charge in [0.25, 0.3) is 5.56 Å². The van der Waals surface area contributed by atoms with Gasteiger partial charge in [0.15, 0.2) is 5.65 Å². The Balaban J connectivity index is 1.50. The number of nitrogens with one attached hydrogen (secondary N) is 2. The first-order valence-electron chi connectivity index (χ1n) is 12.2. The lowest BCUT2D eigenvalue weighted by Crippen LogP contribution is -2.30. The number of nitrogens with zero attached hydrogens (tertiary/aromatic N) is 4. The summed E-state index contributed by atoms with van der Waals surface area (Å²) in [4.78, 5) is 28.7. The van der Waals surface area contributed by atoms with Crippen molar-refractivity contribution < 1.29 is 9.57 Å². The van der Waals surface area contributed by atoms with E-state index in [1.54, 1.807) is 37.6 Å². The summed E-state index contributed by atoms with van der Waals surface area (Å²) in [6.07, 6.45) is 5.70. The van der Waals surface area contributed by atoms with Crippen molar-refractivity contribution >= 4 is 51.6 Å². The summed E-state index contributed by atoms with van der Waals surface area (Å²) < 4.78 is 8.26. The van der Waals surface area contributed by atoms with Crippen molar-refractivity contribution in [1.82, 2.24) is 24.6 Å². The number of fused-ring (bicyclic) bond motifs is 1. The lowest BCUT2D eigenvalue weighted by molar-refractivity contribution is 0.102. The van der Waals surface area contributed by atoms with Crippen LogP contribution in [-0.2, 0) is 11.8 Å². The molecule has 1 aliphatic carbocycles. The predicted molar refractivity (Wildman–Crippen MR) is 151 cm³/mol. The number of hydrogen-bond acceptors (Lipinski definition) is 7. The fourth-order valence-corrected chi connectivity index (χ4v) is 4.71. The second-order valence-electron chi connectivity index (χ2n) is 9.21. The summed E-state index contributed by atoms with van der Waals surface area (Å²) in [5, 5.41) is 7.82. The fraction of sp³-hybridized carbons (Fsp3) is 0.296. The van der Waals surface area contributed by atoms with E-state index in [4.69, 9.17) is 32.8 Å². The van der Waals surface area contributed by atoms with Gasteiger partial charge in [0.1, 0.15) is 6.61 Å². The molecule has 0 unspecified atom stereocenters. The maximum atomic E-state index is 13.6. The number of hydrogen-bond donors (Lipinski definition) is 2. The molecule has 4 aromatic rings. The molecular formula is C27H28Cl2N6O3. The molecule has 3 heterocycles. The van der Waals surface area contributed by atoms with Gasteiger partial charge < -0.3 is 24.8 Å². The van der Waals surface area contributed by atoms with Crippen molar-refractivity contribution in [3.63, 3.8) is 0 Å². The molecule has 38 heavy (non-hydrogen) atoms. The van der Waals surface area contributed by atoms with Gasteiger partial charge in [0.2, 0.25) is 5.95 Å². The van der Waals surface area contributed by atoms with Crippen LogP contribution in [-0.4, -0.2) is 46.1 Å². The van der Waals surface area contributed by atoms with Crippen molar-refractivity contribution in [3.05, 3.63) is 75.4 Å². The number of rotatable bonds is 11. The normalized spacial score (nSPS) is 13.1. The summed E-state index contributed by atoms with van der Waals surface area (Å²) >= 11 is 12.9. The quantitative estimate of drug-likeness (QED) is 0.255. The Morgan fingerprint density at radius 2 is 2.00 bits per heavy atom. The van der Waals surface area contributed by atoms with Crippen molar-refractivity contribution in [3.8, 4) is 11.1 Å². The first-order valence-corrected chi connectivity index (χ1v) is 13.0. The van der Waals surface area contributed by atoms with Crippen LogP contribution >= 0.6 is 23.2 Å². The third kappa shape index (κ3) is 5.50. The summed E-state index contributed by atoms with van der Waals surface area (Å²) in [6.45, 7) is 5.75. The Bertz CT molecular complexity index is 1540.